The van der Waals surface area contributed by atoms with Crippen LogP contribution in [0.1, 0.15) is 26.7 Å². The van der Waals surface area contributed by atoms with E-state index < -0.39 is 0 Å². The fourth-order valence-electron chi connectivity index (χ4n) is 2.58. The van der Waals surface area contributed by atoms with Crippen molar-refractivity contribution < 1.29 is 0 Å². The molecular weight excluding hydrogens is 274 g/mol. The van der Waals surface area contributed by atoms with Gasteiger partial charge in [0.05, 0.1) is 0 Å². The summed E-state index contributed by atoms with van der Waals surface area (Å²) in [5.41, 5.74) is 2.06. The maximum atomic E-state index is 4.54. The van der Waals surface area contributed by atoms with Gasteiger partial charge in [-0.2, -0.15) is 0 Å². The van der Waals surface area contributed by atoms with Gasteiger partial charge in [-0.1, -0.05) is 0 Å². The van der Waals surface area contributed by atoms with Crippen LogP contribution in [0, 0.1) is 0 Å². The van der Waals surface area contributed by atoms with Crippen LogP contribution in [0.3, 0.4) is 0 Å². The normalized spacial score (nSPS) is 14.6. The topological polar surface area (TPSA) is 45.2 Å². The van der Waals surface area contributed by atoms with Gasteiger partial charge in [0.25, 0.3) is 0 Å². The summed E-state index contributed by atoms with van der Waals surface area (Å²) in [6.45, 7) is 6.44. The molecule has 0 amide bonds. The van der Waals surface area contributed by atoms with Crippen molar-refractivity contribution in [1.82, 2.24) is 15.0 Å². The third-order valence-corrected chi connectivity index (χ3v) is 4.24. The third kappa shape index (κ3) is 3.03. The van der Waals surface area contributed by atoms with Gasteiger partial charge in [-0.25, -0.2) is 15.0 Å². The molecule has 5 heteroatoms. The Morgan fingerprint density at radius 2 is 1.59 bits per heavy atom. The van der Waals surface area contributed by atoms with Gasteiger partial charge >= 0.3 is 0 Å². The van der Waals surface area contributed by atoms with E-state index in [1.165, 1.54) is 12.8 Å². The van der Waals surface area contributed by atoms with Crippen LogP contribution in [0.15, 0.2) is 30.7 Å². The standard InChI is InChI=1S/C17H23N5/c1-13(2)21(3)16-7-6-14(10-18-16)15-11-19-17(20-12-15)22-8-4-5-9-22/h6-7,10-13H,4-5,8-9H2,1-3H3. The van der Waals surface area contributed by atoms with Crippen molar-refractivity contribution in [3.05, 3.63) is 30.7 Å². The molecule has 0 N–H and O–H groups in total. The van der Waals surface area contributed by atoms with Crippen molar-refractivity contribution in [3.8, 4) is 11.1 Å². The van der Waals surface area contributed by atoms with Crippen molar-refractivity contribution in [2.75, 3.05) is 29.9 Å². The highest BCUT2D eigenvalue weighted by Gasteiger charge is 2.14. The molecule has 0 bridgehead atoms. The minimum atomic E-state index is 0.432. The van der Waals surface area contributed by atoms with Gasteiger partial charge in [-0.15, -0.1) is 0 Å². The molecule has 1 aliphatic rings. The van der Waals surface area contributed by atoms with Gasteiger partial charge in [0.2, 0.25) is 5.95 Å². The summed E-state index contributed by atoms with van der Waals surface area (Å²) in [5, 5.41) is 0. The molecule has 3 rings (SSSR count). The first-order valence-corrected chi connectivity index (χ1v) is 7.91. The lowest BCUT2D eigenvalue weighted by atomic mass is 10.1. The van der Waals surface area contributed by atoms with Gasteiger partial charge in [-0.3, -0.25) is 0 Å². The molecule has 116 valence electrons. The molecule has 0 aliphatic carbocycles. The average molecular weight is 297 g/mol. The number of nitrogens with zero attached hydrogens (tertiary/aromatic N) is 5. The molecule has 22 heavy (non-hydrogen) atoms. The van der Waals surface area contributed by atoms with E-state index in [1.807, 2.05) is 24.7 Å². The molecular formula is C17H23N5. The van der Waals surface area contributed by atoms with E-state index >= 15 is 0 Å². The summed E-state index contributed by atoms with van der Waals surface area (Å²) in [4.78, 5) is 17.9. The van der Waals surface area contributed by atoms with E-state index in [-0.39, 0.29) is 0 Å². The molecule has 2 aromatic heterocycles. The smallest absolute Gasteiger partial charge is 0.225 e. The predicted molar refractivity (Wildman–Crippen MR) is 90.2 cm³/mol. The summed E-state index contributed by atoms with van der Waals surface area (Å²) in [6.07, 6.45) is 8.15. The summed E-state index contributed by atoms with van der Waals surface area (Å²) in [5.74, 6) is 1.82. The second-order valence-electron chi connectivity index (χ2n) is 6.08. The monoisotopic (exact) mass is 297 g/mol. The second-order valence-corrected chi connectivity index (χ2v) is 6.08. The molecule has 2 aromatic rings. The molecule has 3 heterocycles. The third-order valence-electron chi connectivity index (χ3n) is 4.24. The van der Waals surface area contributed by atoms with Crippen molar-refractivity contribution in [1.29, 1.82) is 0 Å². The van der Waals surface area contributed by atoms with E-state index in [4.69, 9.17) is 0 Å². The van der Waals surface area contributed by atoms with Gasteiger partial charge in [0, 0.05) is 55.9 Å². The van der Waals surface area contributed by atoms with Crippen LogP contribution in [0.4, 0.5) is 11.8 Å². The van der Waals surface area contributed by atoms with Crippen molar-refractivity contribution >= 4 is 11.8 Å². The first-order chi connectivity index (χ1) is 10.6. The van der Waals surface area contributed by atoms with Crippen molar-refractivity contribution in [2.24, 2.45) is 0 Å². The molecule has 1 aliphatic heterocycles. The van der Waals surface area contributed by atoms with E-state index in [0.717, 1.165) is 36.0 Å². The van der Waals surface area contributed by atoms with Crippen LogP contribution in [-0.2, 0) is 0 Å². The van der Waals surface area contributed by atoms with Crippen molar-refractivity contribution in [3.63, 3.8) is 0 Å². The Balaban J connectivity index is 1.76. The first kappa shape index (κ1) is 14.8. The quantitative estimate of drug-likeness (QED) is 0.868. The Morgan fingerprint density at radius 3 is 2.14 bits per heavy atom. The SMILES string of the molecule is CC(C)N(C)c1ccc(-c2cnc(N3CCCC3)nc2)cn1. The zero-order valence-electron chi connectivity index (χ0n) is 13.5. The number of hydrogen-bond donors (Lipinski definition) is 0. The van der Waals surface area contributed by atoms with Gasteiger partial charge in [0.1, 0.15) is 5.82 Å². The van der Waals surface area contributed by atoms with E-state index in [2.05, 4.69) is 51.7 Å². The molecule has 0 aromatic carbocycles. The average Bonchev–Trinajstić information content (AvgIpc) is 3.09. The summed E-state index contributed by atoms with van der Waals surface area (Å²) >= 11 is 0. The first-order valence-electron chi connectivity index (χ1n) is 7.91. The lowest BCUT2D eigenvalue weighted by Gasteiger charge is -2.22. The Labute approximate surface area is 132 Å². The van der Waals surface area contributed by atoms with Crippen LogP contribution >= 0.6 is 0 Å². The predicted octanol–water partition coefficient (Wildman–Crippen LogP) is 2.98. The molecule has 0 spiro atoms. The van der Waals surface area contributed by atoms with E-state index in [9.17, 15) is 0 Å². The molecule has 0 radical (unpaired) electrons. The van der Waals surface area contributed by atoms with Gasteiger partial charge in [0.15, 0.2) is 0 Å². The molecule has 0 saturated carbocycles. The van der Waals surface area contributed by atoms with Crippen LogP contribution in [-0.4, -0.2) is 41.1 Å². The number of pyridine rings is 1. The lowest BCUT2D eigenvalue weighted by Crippen LogP contribution is -2.26. The van der Waals surface area contributed by atoms with Gasteiger partial charge in [-0.05, 0) is 38.8 Å². The number of aromatic nitrogens is 3. The van der Waals surface area contributed by atoms with E-state index in [0.29, 0.717) is 6.04 Å². The zero-order valence-corrected chi connectivity index (χ0v) is 13.5. The Kier molecular flexibility index (Phi) is 4.22. The Morgan fingerprint density at radius 1 is 0.955 bits per heavy atom. The van der Waals surface area contributed by atoms with Crippen LogP contribution in [0.25, 0.3) is 11.1 Å². The fraction of sp³-hybridized carbons (Fsp3) is 0.471. The molecule has 1 saturated heterocycles. The maximum Gasteiger partial charge on any atom is 0.225 e. The zero-order chi connectivity index (χ0) is 15.5. The summed E-state index contributed by atoms with van der Waals surface area (Å²) < 4.78 is 0. The minimum Gasteiger partial charge on any atom is -0.357 e. The Hall–Kier alpha value is -2.17. The maximum absolute atomic E-state index is 4.54. The Bertz CT molecular complexity index is 556. The van der Waals surface area contributed by atoms with Crippen molar-refractivity contribution in [2.45, 2.75) is 32.7 Å². The summed E-state index contributed by atoms with van der Waals surface area (Å²) in [7, 11) is 2.06. The number of hydrogen-bond acceptors (Lipinski definition) is 5. The second kappa shape index (κ2) is 6.30. The number of rotatable bonds is 4. The molecule has 0 atom stereocenters. The summed E-state index contributed by atoms with van der Waals surface area (Å²) in [6, 6.07) is 4.56. The minimum absolute atomic E-state index is 0.432. The molecule has 5 nitrogen and oxygen atoms in total. The lowest BCUT2D eigenvalue weighted by molar-refractivity contribution is 0.743. The highest BCUT2D eigenvalue weighted by molar-refractivity contribution is 5.62. The molecule has 0 unspecified atom stereocenters. The molecule has 1 fully saturated rings. The van der Waals surface area contributed by atoms with Crippen LogP contribution in [0.5, 0.6) is 0 Å². The van der Waals surface area contributed by atoms with Crippen LogP contribution in [0.2, 0.25) is 0 Å². The largest absolute Gasteiger partial charge is 0.357 e. The number of anilines is 2. The highest BCUT2D eigenvalue weighted by Crippen LogP contribution is 2.22. The van der Waals surface area contributed by atoms with E-state index in [1.54, 1.807) is 0 Å². The van der Waals surface area contributed by atoms with Gasteiger partial charge < -0.3 is 9.80 Å². The fourth-order valence-corrected chi connectivity index (χ4v) is 2.58. The van der Waals surface area contributed by atoms with Crippen LogP contribution < -0.4 is 9.80 Å². The highest BCUT2D eigenvalue weighted by atomic mass is 15.3.